The van der Waals surface area contributed by atoms with Crippen LogP contribution in [0.3, 0.4) is 0 Å². The maximum Gasteiger partial charge on any atom is 0.294 e. The number of rotatable bonds is 5. The van der Waals surface area contributed by atoms with Crippen LogP contribution in [0.1, 0.15) is 69.8 Å². The summed E-state index contributed by atoms with van der Waals surface area (Å²) in [6, 6.07) is 27.5. The normalized spacial score (nSPS) is 17.3. The molecule has 2 heterocycles. The van der Waals surface area contributed by atoms with Crippen molar-refractivity contribution in [3.63, 3.8) is 0 Å². The molecule has 1 aromatic heterocycles. The second-order valence-corrected chi connectivity index (χ2v) is 10.4. The molecule has 6 rings (SSSR count). The zero-order valence-electron chi connectivity index (χ0n) is 22.2. The summed E-state index contributed by atoms with van der Waals surface area (Å²) >= 11 is 0. The van der Waals surface area contributed by atoms with Gasteiger partial charge < -0.3 is 9.32 Å². The van der Waals surface area contributed by atoms with Gasteiger partial charge in [0.05, 0.1) is 11.6 Å². The molecule has 6 heteroatoms. The number of hydrogen-bond acceptors (Lipinski definition) is 4. The highest BCUT2D eigenvalue weighted by Crippen LogP contribution is 2.36. The van der Waals surface area contributed by atoms with Gasteiger partial charge in [-0.1, -0.05) is 78.9 Å². The maximum atomic E-state index is 13.8. The maximum absolute atomic E-state index is 13.8. The molecule has 3 aromatic carbocycles. The SMILES string of the molecule is Cc1c(C(=O)N2c3ccccc3CC2C)oc2c1/C(=N/NC(=O)C(c1ccccc1)c1ccccc1)CCC2. The number of aryl methyl sites for hydroxylation is 1. The zero-order chi connectivity index (χ0) is 26.9. The van der Waals surface area contributed by atoms with Gasteiger partial charge in [-0.2, -0.15) is 5.10 Å². The van der Waals surface area contributed by atoms with E-state index in [1.54, 1.807) is 0 Å². The fourth-order valence-electron chi connectivity index (χ4n) is 5.94. The lowest BCUT2D eigenvalue weighted by Crippen LogP contribution is -2.35. The number of fused-ring (bicyclic) bond motifs is 2. The van der Waals surface area contributed by atoms with Crippen LogP contribution in [0.15, 0.2) is 94.4 Å². The highest BCUT2D eigenvalue weighted by Gasteiger charge is 2.36. The second kappa shape index (κ2) is 10.4. The van der Waals surface area contributed by atoms with E-state index in [1.165, 1.54) is 5.56 Å². The van der Waals surface area contributed by atoms with Crippen LogP contribution < -0.4 is 10.3 Å². The number of anilines is 1. The molecule has 2 amide bonds. The lowest BCUT2D eigenvalue weighted by atomic mass is 9.90. The summed E-state index contributed by atoms with van der Waals surface area (Å²) in [5.41, 5.74) is 9.14. The van der Waals surface area contributed by atoms with E-state index < -0.39 is 5.92 Å². The minimum absolute atomic E-state index is 0.0526. The molecule has 1 atom stereocenters. The largest absolute Gasteiger partial charge is 0.455 e. The highest BCUT2D eigenvalue weighted by molar-refractivity contribution is 6.11. The van der Waals surface area contributed by atoms with Gasteiger partial charge in [0.2, 0.25) is 0 Å². The topological polar surface area (TPSA) is 74.9 Å². The van der Waals surface area contributed by atoms with Crippen molar-refractivity contribution in [2.24, 2.45) is 5.10 Å². The molecule has 0 radical (unpaired) electrons. The van der Waals surface area contributed by atoms with Crippen LogP contribution in [0.5, 0.6) is 0 Å². The Labute approximate surface area is 228 Å². The Bertz CT molecular complexity index is 1520. The second-order valence-electron chi connectivity index (χ2n) is 10.4. The number of benzene rings is 3. The van der Waals surface area contributed by atoms with Gasteiger partial charge >= 0.3 is 0 Å². The van der Waals surface area contributed by atoms with E-state index in [1.807, 2.05) is 90.7 Å². The number of para-hydroxylation sites is 1. The van der Waals surface area contributed by atoms with Gasteiger partial charge in [0, 0.05) is 29.3 Å². The third-order valence-corrected chi connectivity index (χ3v) is 7.78. The molecule has 1 unspecified atom stereocenters. The molecular weight excluding hydrogens is 486 g/mol. The van der Waals surface area contributed by atoms with Crippen molar-refractivity contribution in [2.75, 3.05) is 4.90 Å². The Hall–Kier alpha value is -4.45. The Morgan fingerprint density at radius 1 is 0.923 bits per heavy atom. The Morgan fingerprint density at radius 2 is 1.56 bits per heavy atom. The standard InChI is InChI=1S/C33H31N3O3/c1-21-20-25-16-9-10-18-27(25)36(21)33(38)31-22(2)29-26(17-11-19-28(29)39-31)34-35-32(37)30(23-12-5-3-6-13-23)24-14-7-4-8-15-24/h3-10,12-16,18,21,30H,11,17,19-20H2,1-2H3,(H,35,37)/b34-26+. The molecule has 39 heavy (non-hydrogen) atoms. The van der Waals surface area contributed by atoms with Crippen LogP contribution in [-0.2, 0) is 17.6 Å². The third-order valence-electron chi connectivity index (χ3n) is 7.78. The van der Waals surface area contributed by atoms with Crippen molar-refractivity contribution in [1.29, 1.82) is 0 Å². The Morgan fingerprint density at radius 3 is 2.26 bits per heavy atom. The molecule has 6 nitrogen and oxygen atoms in total. The van der Waals surface area contributed by atoms with E-state index in [0.29, 0.717) is 12.2 Å². The first-order valence-electron chi connectivity index (χ1n) is 13.5. The fraction of sp³-hybridized carbons (Fsp3) is 0.242. The first kappa shape index (κ1) is 24.9. The van der Waals surface area contributed by atoms with E-state index in [4.69, 9.17) is 4.42 Å². The number of amides is 2. The number of nitrogens with one attached hydrogen (secondary N) is 1. The first-order chi connectivity index (χ1) is 19.0. The van der Waals surface area contributed by atoms with E-state index in [0.717, 1.165) is 58.7 Å². The summed E-state index contributed by atoms with van der Waals surface area (Å²) in [5, 5.41) is 4.61. The summed E-state index contributed by atoms with van der Waals surface area (Å²) in [4.78, 5) is 29.1. The predicted octanol–water partition coefficient (Wildman–Crippen LogP) is 6.17. The van der Waals surface area contributed by atoms with Crippen molar-refractivity contribution in [3.05, 3.63) is 124 Å². The van der Waals surface area contributed by atoms with Crippen molar-refractivity contribution >= 4 is 23.2 Å². The van der Waals surface area contributed by atoms with Crippen molar-refractivity contribution in [1.82, 2.24) is 5.43 Å². The highest BCUT2D eigenvalue weighted by atomic mass is 16.4. The van der Waals surface area contributed by atoms with Crippen molar-refractivity contribution in [2.45, 2.75) is 51.5 Å². The van der Waals surface area contributed by atoms with Gasteiger partial charge in [-0.15, -0.1) is 0 Å². The quantitative estimate of drug-likeness (QED) is 0.322. The zero-order valence-corrected chi connectivity index (χ0v) is 22.2. The van der Waals surface area contributed by atoms with Crippen LogP contribution in [0.4, 0.5) is 5.69 Å². The molecule has 0 saturated heterocycles. The van der Waals surface area contributed by atoms with Crippen molar-refractivity contribution in [3.8, 4) is 0 Å². The summed E-state index contributed by atoms with van der Waals surface area (Å²) in [6.07, 6.45) is 3.10. The van der Waals surface area contributed by atoms with Gasteiger partial charge in [-0.05, 0) is 55.9 Å². The molecule has 196 valence electrons. The van der Waals surface area contributed by atoms with Crippen LogP contribution in [-0.4, -0.2) is 23.6 Å². The van der Waals surface area contributed by atoms with Crippen molar-refractivity contribution < 1.29 is 14.0 Å². The summed E-state index contributed by atoms with van der Waals surface area (Å²) in [7, 11) is 0. The molecule has 1 N–H and O–H groups in total. The molecule has 4 aromatic rings. The molecule has 2 aliphatic rings. The van der Waals surface area contributed by atoms with Crippen LogP contribution in [0.25, 0.3) is 0 Å². The first-order valence-corrected chi connectivity index (χ1v) is 13.5. The van der Waals surface area contributed by atoms with E-state index >= 15 is 0 Å². The minimum atomic E-state index is -0.487. The number of hydrogen-bond donors (Lipinski definition) is 1. The van der Waals surface area contributed by atoms with E-state index in [9.17, 15) is 9.59 Å². The molecular formula is C33H31N3O3. The number of nitrogens with zero attached hydrogens (tertiary/aromatic N) is 2. The number of carbonyl (C=O) groups is 2. The molecule has 0 bridgehead atoms. The van der Waals surface area contributed by atoms with Gasteiger partial charge in [0.15, 0.2) is 5.76 Å². The Kier molecular flexibility index (Phi) is 6.61. The van der Waals surface area contributed by atoms with Gasteiger partial charge in [0.25, 0.3) is 11.8 Å². The summed E-state index contributed by atoms with van der Waals surface area (Å²) < 4.78 is 6.21. The lowest BCUT2D eigenvalue weighted by molar-refractivity contribution is -0.121. The number of carbonyl (C=O) groups excluding carboxylic acids is 2. The van der Waals surface area contributed by atoms with Crippen LogP contribution >= 0.6 is 0 Å². The molecule has 0 fully saturated rings. The lowest BCUT2D eigenvalue weighted by Gasteiger charge is -2.21. The van der Waals surface area contributed by atoms with E-state index in [2.05, 4.69) is 23.5 Å². The predicted molar refractivity (Wildman–Crippen MR) is 152 cm³/mol. The minimum Gasteiger partial charge on any atom is -0.455 e. The van der Waals surface area contributed by atoms with Crippen LogP contribution in [0, 0.1) is 6.92 Å². The van der Waals surface area contributed by atoms with E-state index in [-0.39, 0.29) is 17.9 Å². The smallest absolute Gasteiger partial charge is 0.294 e. The Balaban J connectivity index is 1.30. The summed E-state index contributed by atoms with van der Waals surface area (Å²) in [6.45, 7) is 3.98. The monoisotopic (exact) mass is 517 g/mol. The molecule has 1 aliphatic carbocycles. The average molecular weight is 518 g/mol. The molecule has 0 spiro atoms. The van der Waals surface area contributed by atoms with Crippen LogP contribution in [0.2, 0.25) is 0 Å². The summed E-state index contributed by atoms with van der Waals surface area (Å²) in [5.74, 6) is 0.302. The number of hydrazone groups is 1. The molecule has 0 saturated carbocycles. The van der Waals surface area contributed by atoms with Gasteiger partial charge in [-0.3, -0.25) is 9.59 Å². The number of furan rings is 1. The molecule has 1 aliphatic heterocycles. The third kappa shape index (κ3) is 4.56. The van der Waals surface area contributed by atoms with Gasteiger partial charge in [-0.25, -0.2) is 5.43 Å². The average Bonchev–Trinajstić information content (AvgIpc) is 3.49. The van der Waals surface area contributed by atoms with Gasteiger partial charge in [0.1, 0.15) is 5.76 Å². The fourth-order valence-corrected chi connectivity index (χ4v) is 5.94.